The minimum absolute atomic E-state index is 0. The zero-order valence-corrected chi connectivity index (χ0v) is 26.1. The Hall–Kier alpha value is -1.28. The number of aryl methyl sites for hydroxylation is 6. The van der Waals surface area contributed by atoms with Gasteiger partial charge in [-0.05, 0) is 0 Å². The molecular weight excluding hydrogens is 539 g/mol. The van der Waals surface area contributed by atoms with Crippen molar-refractivity contribution < 1.29 is 57.7 Å². The summed E-state index contributed by atoms with van der Waals surface area (Å²) in [6.07, 6.45) is 8.12. The number of benzene rings is 3. The fourth-order valence-electron chi connectivity index (χ4n) is 6.07. The van der Waals surface area contributed by atoms with E-state index in [1.807, 2.05) is 0 Å². The van der Waals surface area contributed by atoms with Crippen LogP contribution in [-0.4, -0.2) is 0 Å². The Morgan fingerprint density at radius 2 is 0.889 bits per heavy atom. The molecule has 0 saturated carbocycles. The number of halogens is 3. The summed E-state index contributed by atoms with van der Waals surface area (Å²) in [5.41, 5.74) is 13.2. The van der Waals surface area contributed by atoms with Crippen LogP contribution in [0.3, 0.4) is 0 Å². The largest absolute Gasteiger partial charge is 1.00 e. The first kappa shape index (κ1) is 32.8. The van der Waals surface area contributed by atoms with Crippen molar-refractivity contribution >= 4 is 0 Å². The summed E-state index contributed by atoms with van der Waals surface area (Å²) in [5, 5.41) is 0. The van der Waals surface area contributed by atoms with Crippen molar-refractivity contribution in [3.05, 3.63) is 128 Å². The van der Waals surface area contributed by atoms with Gasteiger partial charge in [0.05, 0.1) is 0 Å². The summed E-state index contributed by atoms with van der Waals surface area (Å²) in [5.74, 6) is 0. The SMILES string of the molecule is CCC1=CC=C[C]1([Ti+3])C(c1cc(C)cc(C)c1)(c1cc(C)cc(C)c1)c1cc(C)cc(C)c1.[Cl-].[Cl-].[Cl-]. The summed E-state index contributed by atoms with van der Waals surface area (Å²) in [6.45, 7) is 15.7. The molecule has 1 aliphatic rings. The molecular formula is C32H35Cl3Ti. The van der Waals surface area contributed by atoms with Crippen molar-refractivity contribution in [1.82, 2.24) is 0 Å². The van der Waals surface area contributed by atoms with Gasteiger partial charge in [-0.25, -0.2) is 0 Å². The number of hydrogen-bond acceptors (Lipinski definition) is 0. The zero-order valence-electron chi connectivity index (χ0n) is 22.3. The van der Waals surface area contributed by atoms with Gasteiger partial charge >= 0.3 is 213 Å². The van der Waals surface area contributed by atoms with E-state index in [-0.39, 0.29) is 46.4 Å². The Labute approximate surface area is 248 Å². The molecule has 1 atom stereocenters. The Morgan fingerprint density at radius 1 is 0.583 bits per heavy atom. The van der Waals surface area contributed by atoms with Gasteiger partial charge in [-0.1, -0.05) is 0 Å². The Balaban J connectivity index is 0.00000216. The van der Waals surface area contributed by atoms with Gasteiger partial charge in [0, 0.05) is 0 Å². The smallest absolute Gasteiger partial charge is 1.00 e. The predicted octanol–water partition coefficient (Wildman–Crippen LogP) is -0.505. The number of rotatable bonds is 5. The Bertz CT molecular complexity index is 1100. The fourth-order valence-corrected chi connectivity index (χ4v) is 7.30. The van der Waals surface area contributed by atoms with E-state index in [1.165, 1.54) is 55.6 Å². The molecule has 0 saturated heterocycles. The van der Waals surface area contributed by atoms with Gasteiger partial charge in [-0.15, -0.1) is 0 Å². The van der Waals surface area contributed by atoms with E-state index in [0.717, 1.165) is 6.42 Å². The Kier molecular flexibility index (Phi) is 11.4. The average Bonchev–Trinajstić information content (AvgIpc) is 3.08. The molecule has 0 N–H and O–H groups in total. The molecule has 3 aromatic rings. The maximum Gasteiger partial charge on any atom is -1.00 e. The second-order valence-electron chi connectivity index (χ2n) is 10.1. The van der Waals surface area contributed by atoms with E-state index in [1.54, 1.807) is 0 Å². The summed E-state index contributed by atoms with van der Waals surface area (Å²) in [7, 11) is 0. The first-order valence-corrected chi connectivity index (χ1v) is 12.8. The maximum absolute atomic E-state index is 2.46. The van der Waals surface area contributed by atoms with Crippen LogP contribution in [0.25, 0.3) is 0 Å². The summed E-state index contributed by atoms with van der Waals surface area (Å²) in [6, 6.07) is 21.4. The van der Waals surface area contributed by atoms with E-state index < -0.39 is 0 Å². The van der Waals surface area contributed by atoms with Crippen molar-refractivity contribution in [3.63, 3.8) is 0 Å². The molecule has 0 nitrogen and oxygen atoms in total. The molecule has 0 heterocycles. The molecule has 0 fully saturated rings. The first-order chi connectivity index (χ1) is 15.6. The number of hydrogen-bond donors (Lipinski definition) is 0. The molecule has 4 heteroatoms. The summed E-state index contributed by atoms with van der Waals surface area (Å²) in [4.78, 5) is 0. The molecule has 1 unspecified atom stereocenters. The first-order valence-electron chi connectivity index (χ1n) is 12.0. The second kappa shape index (κ2) is 12.5. The van der Waals surface area contributed by atoms with E-state index in [9.17, 15) is 0 Å². The molecule has 0 radical (unpaired) electrons. The molecule has 0 aliphatic heterocycles. The minimum Gasteiger partial charge on any atom is -1.00 e. The van der Waals surface area contributed by atoms with Crippen LogP contribution >= 0.6 is 0 Å². The van der Waals surface area contributed by atoms with Crippen molar-refractivity contribution in [3.8, 4) is 0 Å². The molecule has 0 spiro atoms. The Morgan fingerprint density at radius 3 is 1.17 bits per heavy atom. The zero-order chi connectivity index (χ0) is 24.0. The third-order valence-electron chi connectivity index (χ3n) is 7.09. The minimum atomic E-state index is -0.341. The topological polar surface area (TPSA) is 0 Å². The maximum atomic E-state index is 2.46. The van der Waals surface area contributed by atoms with Crippen molar-refractivity contribution in [2.75, 3.05) is 0 Å². The third kappa shape index (κ3) is 5.59. The predicted molar refractivity (Wildman–Crippen MR) is 138 cm³/mol. The van der Waals surface area contributed by atoms with Crippen molar-refractivity contribution in [1.29, 1.82) is 0 Å². The molecule has 4 rings (SSSR count). The third-order valence-corrected chi connectivity index (χ3v) is 8.43. The number of allylic oxidation sites excluding steroid dienone is 4. The molecule has 0 aromatic heterocycles. The van der Waals surface area contributed by atoms with E-state index in [4.69, 9.17) is 0 Å². The quantitative estimate of drug-likeness (QED) is 0.285. The van der Waals surface area contributed by atoms with E-state index in [2.05, 4.69) is 142 Å². The fraction of sp³-hybridized carbons (Fsp3) is 0.312. The molecule has 0 amide bonds. The molecule has 0 bridgehead atoms. The van der Waals surface area contributed by atoms with Crippen LogP contribution in [0.2, 0.25) is 3.72 Å². The van der Waals surface area contributed by atoms with Gasteiger partial charge in [-0.2, -0.15) is 0 Å². The van der Waals surface area contributed by atoms with Crippen LogP contribution in [0, 0.1) is 41.5 Å². The van der Waals surface area contributed by atoms with Gasteiger partial charge in [-0.3, -0.25) is 0 Å². The monoisotopic (exact) mass is 572 g/mol. The van der Waals surface area contributed by atoms with Crippen molar-refractivity contribution in [2.24, 2.45) is 0 Å². The summed E-state index contributed by atoms with van der Waals surface area (Å²) < 4.78 is -0.178. The van der Waals surface area contributed by atoms with Crippen LogP contribution in [0.1, 0.15) is 63.4 Å². The van der Waals surface area contributed by atoms with Crippen molar-refractivity contribution in [2.45, 2.75) is 64.0 Å². The molecule has 3 aromatic carbocycles. The van der Waals surface area contributed by atoms with Gasteiger partial charge in [0.15, 0.2) is 0 Å². The van der Waals surface area contributed by atoms with Crippen LogP contribution < -0.4 is 37.2 Å². The van der Waals surface area contributed by atoms with Gasteiger partial charge in [0.1, 0.15) is 0 Å². The average molecular weight is 574 g/mol. The molecule has 36 heavy (non-hydrogen) atoms. The van der Waals surface area contributed by atoms with Crippen LogP contribution in [-0.2, 0) is 25.9 Å². The molecule has 1 aliphatic carbocycles. The van der Waals surface area contributed by atoms with Gasteiger partial charge in [0.25, 0.3) is 0 Å². The normalized spacial score (nSPS) is 16.5. The standard InChI is InChI=1S/C32H35.3ClH.Ti/c1-8-27-10-9-11-31(27)32(28-15-21(2)12-22(3)16-28,29-17-23(4)13-24(5)18-29)30-19-25(6)14-26(7)20-30;;;;/h9-20H,8H2,1-7H3;3*1H;/q;;;;+3/p-3. The van der Waals surface area contributed by atoms with Crippen LogP contribution in [0.5, 0.6) is 0 Å². The molecule has 188 valence electrons. The summed E-state index contributed by atoms with van der Waals surface area (Å²) >= 11 is 2.46. The van der Waals surface area contributed by atoms with Gasteiger partial charge in [0.2, 0.25) is 0 Å². The van der Waals surface area contributed by atoms with Crippen LogP contribution in [0.4, 0.5) is 0 Å². The van der Waals surface area contributed by atoms with Gasteiger partial charge < -0.3 is 37.2 Å². The van der Waals surface area contributed by atoms with Crippen LogP contribution in [0.15, 0.2) is 78.4 Å². The van der Waals surface area contributed by atoms with E-state index >= 15 is 0 Å². The second-order valence-corrected chi connectivity index (χ2v) is 11.3. The van der Waals surface area contributed by atoms with E-state index in [0.29, 0.717) is 0 Å².